The molecule has 1 aromatic carbocycles. The van der Waals surface area contributed by atoms with Gasteiger partial charge >= 0.3 is 5.97 Å². The lowest BCUT2D eigenvalue weighted by Gasteiger charge is -2.27. The van der Waals surface area contributed by atoms with E-state index in [0.717, 1.165) is 4.31 Å². The van der Waals surface area contributed by atoms with E-state index < -0.39 is 31.9 Å². The smallest absolute Gasteiger partial charge is 0.303 e. The Labute approximate surface area is 147 Å². The number of sulfone groups is 1. The van der Waals surface area contributed by atoms with Gasteiger partial charge in [0, 0.05) is 19.0 Å². The van der Waals surface area contributed by atoms with Crippen LogP contribution < -0.4 is 4.74 Å². The molecular formula is C15H21NO7S2. The minimum atomic E-state index is -3.94. The Kier molecular flexibility index (Phi) is 6.07. The van der Waals surface area contributed by atoms with Crippen molar-refractivity contribution in [2.24, 2.45) is 0 Å². The molecule has 0 spiro atoms. The molecule has 1 heterocycles. The van der Waals surface area contributed by atoms with E-state index in [1.165, 1.54) is 31.4 Å². The van der Waals surface area contributed by atoms with Gasteiger partial charge in [-0.05, 0) is 37.1 Å². The highest BCUT2D eigenvalue weighted by Crippen LogP contribution is 2.26. The highest BCUT2D eigenvalue weighted by Gasteiger charge is 2.38. The first-order chi connectivity index (χ1) is 11.7. The van der Waals surface area contributed by atoms with Crippen molar-refractivity contribution in [1.29, 1.82) is 0 Å². The summed E-state index contributed by atoms with van der Waals surface area (Å²) in [5.41, 5.74) is 0. The normalized spacial score (nSPS) is 19.8. The van der Waals surface area contributed by atoms with Crippen LogP contribution in [0, 0.1) is 0 Å². The number of rotatable bonds is 8. The second-order valence-electron chi connectivity index (χ2n) is 5.85. The summed E-state index contributed by atoms with van der Waals surface area (Å²) in [6.45, 7) is -0.0408. The number of methoxy groups -OCH3 is 1. The van der Waals surface area contributed by atoms with Gasteiger partial charge in [0.25, 0.3) is 0 Å². The average molecular weight is 391 g/mol. The van der Waals surface area contributed by atoms with Gasteiger partial charge in [-0.1, -0.05) is 0 Å². The lowest BCUT2D eigenvalue weighted by Crippen LogP contribution is -2.41. The maximum atomic E-state index is 12.9. The van der Waals surface area contributed by atoms with Crippen LogP contribution in [0.15, 0.2) is 29.2 Å². The monoisotopic (exact) mass is 391 g/mol. The van der Waals surface area contributed by atoms with Gasteiger partial charge in [-0.3, -0.25) is 4.79 Å². The van der Waals surface area contributed by atoms with Crippen molar-refractivity contribution in [1.82, 2.24) is 4.31 Å². The SMILES string of the molecule is COc1ccc(S(=O)(=O)N(CCCC(=O)O)[C@@H]2CCS(=O)(=O)C2)cc1. The van der Waals surface area contributed by atoms with Crippen LogP contribution in [0.1, 0.15) is 19.3 Å². The van der Waals surface area contributed by atoms with Crippen LogP contribution in [0.3, 0.4) is 0 Å². The first-order valence-corrected chi connectivity index (χ1v) is 11.0. The van der Waals surface area contributed by atoms with Crippen molar-refractivity contribution in [3.05, 3.63) is 24.3 Å². The minimum Gasteiger partial charge on any atom is -0.497 e. The molecule has 1 aromatic rings. The topological polar surface area (TPSA) is 118 Å². The van der Waals surface area contributed by atoms with E-state index in [-0.39, 0.29) is 42.2 Å². The van der Waals surface area contributed by atoms with Gasteiger partial charge in [-0.2, -0.15) is 4.31 Å². The predicted molar refractivity (Wildman–Crippen MR) is 90.8 cm³/mol. The molecule has 1 aliphatic rings. The molecule has 8 nitrogen and oxygen atoms in total. The Morgan fingerprint density at radius 2 is 1.96 bits per heavy atom. The quantitative estimate of drug-likeness (QED) is 0.694. The number of aliphatic carboxylic acids is 1. The molecule has 1 fully saturated rings. The van der Waals surface area contributed by atoms with Crippen LogP contribution in [0.5, 0.6) is 5.75 Å². The van der Waals surface area contributed by atoms with E-state index in [1.807, 2.05) is 0 Å². The summed E-state index contributed by atoms with van der Waals surface area (Å²) in [5, 5.41) is 8.77. The Hall–Kier alpha value is -1.65. The second-order valence-corrected chi connectivity index (χ2v) is 9.96. The minimum absolute atomic E-state index is 0.0212. The zero-order chi connectivity index (χ0) is 18.7. The third-order valence-electron chi connectivity index (χ3n) is 4.05. The number of hydrogen-bond acceptors (Lipinski definition) is 6. The molecule has 0 bridgehead atoms. The van der Waals surface area contributed by atoms with E-state index in [4.69, 9.17) is 9.84 Å². The van der Waals surface area contributed by atoms with Gasteiger partial charge < -0.3 is 9.84 Å². The van der Waals surface area contributed by atoms with Gasteiger partial charge in [-0.15, -0.1) is 0 Å². The molecule has 1 N–H and O–H groups in total. The molecule has 2 rings (SSSR count). The molecule has 25 heavy (non-hydrogen) atoms. The summed E-state index contributed by atoms with van der Waals surface area (Å²) in [7, 11) is -5.75. The van der Waals surface area contributed by atoms with Crippen LogP contribution in [0.2, 0.25) is 0 Å². The number of sulfonamides is 1. The average Bonchev–Trinajstić information content (AvgIpc) is 2.90. The highest BCUT2D eigenvalue weighted by molar-refractivity contribution is 7.92. The standard InChI is InChI=1S/C15H21NO7S2/c1-23-13-4-6-14(7-5-13)25(21,22)16(9-2-3-15(17)18)12-8-10-24(19,20)11-12/h4-7,12H,2-3,8-11H2,1H3,(H,17,18)/t12-/m1/s1. The third kappa shape index (κ3) is 4.93. The fourth-order valence-electron chi connectivity index (χ4n) is 2.77. The van der Waals surface area contributed by atoms with Crippen LogP contribution in [0.4, 0.5) is 0 Å². The third-order valence-corrected chi connectivity index (χ3v) is 7.77. The zero-order valence-corrected chi connectivity index (χ0v) is 15.4. The van der Waals surface area contributed by atoms with Crippen molar-refractivity contribution in [3.8, 4) is 5.75 Å². The number of carboxylic acids is 1. The Morgan fingerprint density at radius 1 is 1.32 bits per heavy atom. The van der Waals surface area contributed by atoms with E-state index in [0.29, 0.717) is 5.75 Å². The Morgan fingerprint density at radius 3 is 2.44 bits per heavy atom. The number of nitrogens with zero attached hydrogens (tertiary/aromatic N) is 1. The first-order valence-electron chi connectivity index (χ1n) is 7.74. The summed E-state index contributed by atoms with van der Waals surface area (Å²) >= 11 is 0. The van der Waals surface area contributed by atoms with Crippen LogP contribution in [-0.2, 0) is 24.7 Å². The van der Waals surface area contributed by atoms with Crippen molar-refractivity contribution in [2.45, 2.75) is 30.2 Å². The molecule has 0 unspecified atom stereocenters. The number of ether oxygens (including phenoxy) is 1. The molecule has 0 aromatic heterocycles. The summed E-state index contributed by atoms with van der Waals surface area (Å²) in [6, 6.07) is 5.12. The van der Waals surface area contributed by atoms with E-state index in [2.05, 4.69) is 0 Å². The molecule has 1 aliphatic heterocycles. The number of carbonyl (C=O) groups is 1. The number of hydrogen-bond donors (Lipinski definition) is 1. The maximum Gasteiger partial charge on any atom is 0.303 e. The van der Waals surface area contributed by atoms with Crippen molar-refractivity contribution in [2.75, 3.05) is 25.2 Å². The second kappa shape index (κ2) is 7.71. The molecule has 0 aliphatic carbocycles. The van der Waals surface area contributed by atoms with Crippen molar-refractivity contribution >= 4 is 25.8 Å². The lowest BCUT2D eigenvalue weighted by molar-refractivity contribution is -0.137. The Balaban J connectivity index is 2.29. The molecule has 0 saturated carbocycles. The largest absolute Gasteiger partial charge is 0.497 e. The fraction of sp³-hybridized carbons (Fsp3) is 0.533. The van der Waals surface area contributed by atoms with E-state index in [9.17, 15) is 21.6 Å². The summed E-state index contributed by atoms with van der Waals surface area (Å²) in [4.78, 5) is 10.7. The van der Waals surface area contributed by atoms with Crippen LogP contribution in [-0.4, -0.2) is 63.4 Å². The van der Waals surface area contributed by atoms with E-state index >= 15 is 0 Å². The number of carboxylic acid groups (broad SMARTS) is 1. The van der Waals surface area contributed by atoms with Gasteiger partial charge in [0.15, 0.2) is 9.84 Å². The molecule has 0 amide bonds. The maximum absolute atomic E-state index is 12.9. The van der Waals surface area contributed by atoms with Gasteiger partial charge in [0.1, 0.15) is 5.75 Å². The Bertz CT molecular complexity index is 816. The van der Waals surface area contributed by atoms with Crippen LogP contribution >= 0.6 is 0 Å². The highest BCUT2D eigenvalue weighted by atomic mass is 32.2. The first kappa shape index (κ1) is 19.7. The molecule has 10 heteroatoms. The van der Waals surface area contributed by atoms with Gasteiger partial charge in [-0.25, -0.2) is 16.8 Å². The van der Waals surface area contributed by atoms with E-state index in [1.54, 1.807) is 0 Å². The molecule has 140 valence electrons. The summed E-state index contributed by atoms with van der Waals surface area (Å²) in [5.74, 6) is -0.832. The van der Waals surface area contributed by atoms with Crippen LogP contribution in [0.25, 0.3) is 0 Å². The lowest BCUT2D eigenvalue weighted by atomic mass is 10.2. The summed E-state index contributed by atoms with van der Waals surface area (Å²) < 4.78 is 55.5. The van der Waals surface area contributed by atoms with Crippen molar-refractivity contribution < 1.29 is 31.5 Å². The van der Waals surface area contributed by atoms with Gasteiger partial charge in [0.05, 0.1) is 23.5 Å². The fourth-order valence-corrected chi connectivity index (χ4v) is 6.29. The molecular weight excluding hydrogens is 370 g/mol. The molecule has 1 atom stereocenters. The van der Waals surface area contributed by atoms with Gasteiger partial charge in [0.2, 0.25) is 10.0 Å². The zero-order valence-electron chi connectivity index (χ0n) is 13.8. The molecule has 0 radical (unpaired) electrons. The van der Waals surface area contributed by atoms with Crippen molar-refractivity contribution in [3.63, 3.8) is 0 Å². The number of benzene rings is 1. The molecule has 1 saturated heterocycles. The predicted octanol–water partition coefficient (Wildman–Crippen LogP) is 0.738. The summed E-state index contributed by atoms with van der Waals surface area (Å²) in [6.07, 6.45) is 0.139.